The quantitative estimate of drug-likeness (QED) is 0.624. The van der Waals surface area contributed by atoms with Crippen LogP contribution < -0.4 is 4.72 Å². The first-order valence-electron chi connectivity index (χ1n) is 9.63. The summed E-state index contributed by atoms with van der Waals surface area (Å²) < 4.78 is 33.9. The van der Waals surface area contributed by atoms with E-state index in [0.717, 1.165) is 24.0 Å². The molecule has 0 saturated carbocycles. The van der Waals surface area contributed by atoms with Gasteiger partial charge in [0.15, 0.2) is 0 Å². The molecule has 4 rings (SSSR count). The Morgan fingerprint density at radius 1 is 1.20 bits per heavy atom. The first-order valence-corrected chi connectivity index (χ1v) is 11.9. The lowest BCUT2D eigenvalue weighted by atomic mass is 10.1. The van der Waals surface area contributed by atoms with Crippen LogP contribution in [0.3, 0.4) is 0 Å². The van der Waals surface area contributed by atoms with Crippen molar-refractivity contribution in [3.05, 3.63) is 52.2 Å². The van der Waals surface area contributed by atoms with Gasteiger partial charge in [-0.1, -0.05) is 24.3 Å². The number of rotatable bonds is 6. The maximum atomic E-state index is 12.8. The van der Waals surface area contributed by atoms with E-state index >= 15 is 0 Å². The molecule has 1 aromatic carbocycles. The zero-order valence-corrected chi connectivity index (χ0v) is 18.3. The van der Waals surface area contributed by atoms with E-state index in [-0.39, 0.29) is 29.1 Å². The molecular weight excluding hydrogens is 424 g/mol. The number of thiophene rings is 1. The van der Waals surface area contributed by atoms with E-state index in [4.69, 9.17) is 4.42 Å². The summed E-state index contributed by atoms with van der Waals surface area (Å²) in [7, 11) is -3.72. The van der Waals surface area contributed by atoms with Gasteiger partial charge in [-0.3, -0.25) is 4.79 Å². The molecule has 0 atom stereocenters. The Kier molecular flexibility index (Phi) is 5.72. The number of hydrogen-bond donors (Lipinski definition) is 1. The SMILES string of the molecule is Cc1ccccc1CNS(=O)(=O)c1cc(-c2nnc(C(=O)N3CCCC3)o2)sc1C. The molecular formula is C20H22N4O4S2. The number of nitrogens with zero attached hydrogens (tertiary/aromatic N) is 3. The molecule has 1 aliphatic heterocycles. The Hall–Kier alpha value is -2.56. The van der Waals surface area contributed by atoms with Crippen molar-refractivity contribution in [1.29, 1.82) is 0 Å². The molecule has 30 heavy (non-hydrogen) atoms. The van der Waals surface area contributed by atoms with Crippen LogP contribution >= 0.6 is 11.3 Å². The minimum atomic E-state index is -3.72. The summed E-state index contributed by atoms with van der Waals surface area (Å²) in [5.41, 5.74) is 1.93. The van der Waals surface area contributed by atoms with Crippen LogP contribution in [0.25, 0.3) is 10.8 Å². The summed E-state index contributed by atoms with van der Waals surface area (Å²) in [6.07, 6.45) is 1.93. The topological polar surface area (TPSA) is 105 Å². The molecule has 0 aliphatic carbocycles. The van der Waals surface area contributed by atoms with Crippen molar-refractivity contribution in [1.82, 2.24) is 19.8 Å². The van der Waals surface area contributed by atoms with E-state index < -0.39 is 10.0 Å². The Morgan fingerprint density at radius 3 is 2.67 bits per heavy atom. The highest BCUT2D eigenvalue weighted by Crippen LogP contribution is 2.33. The fraction of sp³-hybridized carbons (Fsp3) is 0.350. The monoisotopic (exact) mass is 446 g/mol. The summed E-state index contributed by atoms with van der Waals surface area (Å²) in [4.78, 5) is 15.4. The third-order valence-electron chi connectivity index (χ3n) is 5.09. The number of aromatic nitrogens is 2. The number of benzene rings is 1. The summed E-state index contributed by atoms with van der Waals surface area (Å²) in [6.45, 7) is 5.24. The number of carbonyl (C=O) groups excluding carboxylic acids is 1. The highest BCUT2D eigenvalue weighted by Gasteiger charge is 2.27. The van der Waals surface area contributed by atoms with Crippen molar-refractivity contribution in [3.8, 4) is 10.8 Å². The Bertz CT molecular complexity index is 1180. The number of likely N-dealkylation sites (tertiary alicyclic amines) is 1. The molecule has 2 aromatic heterocycles. The molecule has 0 spiro atoms. The highest BCUT2D eigenvalue weighted by molar-refractivity contribution is 7.89. The summed E-state index contributed by atoms with van der Waals surface area (Å²) in [5, 5.41) is 7.81. The number of carbonyl (C=O) groups is 1. The first-order chi connectivity index (χ1) is 14.3. The molecule has 1 aliphatic rings. The van der Waals surface area contributed by atoms with Gasteiger partial charge in [-0.15, -0.1) is 21.5 Å². The highest BCUT2D eigenvalue weighted by atomic mass is 32.2. The van der Waals surface area contributed by atoms with Gasteiger partial charge < -0.3 is 9.32 Å². The molecule has 0 bridgehead atoms. The number of sulfonamides is 1. The Morgan fingerprint density at radius 2 is 1.93 bits per heavy atom. The minimum absolute atomic E-state index is 0.0694. The van der Waals surface area contributed by atoms with E-state index in [0.29, 0.717) is 22.8 Å². The largest absolute Gasteiger partial charge is 0.411 e. The normalized spacial score (nSPS) is 14.4. The average molecular weight is 447 g/mol. The maximum Gasteiger partial charge on any atom is 0.311 e. The molecule has 1 N–H and O–H groups in total. The molecule has 1 fully saturated rings. The van der Waals surface area contributed by atoms with Gasteiger partial charge in [0.2, 0.25) is 10.0 Å². The molecule has 3 aromatic rings. The third-order valence-corrected chi connectivity index (χ3v) is 7.78. The fourth-order valence-electron chi connectivity index (χ4n) is 3.36. The predicted octanol–water partition coefficient (Wildman–Crippen LogP) is 3.13. The summed E-state index contributed by atoms with van der Waals surface area (Å²) in [6, 6.07) is 9.13. The molecule has 8 nitrogen and oxygen atoms in total. The van der Waals surface area contributed by atoms with E-state index in [1.165, 1.54) is 17.4 Å². The van der Waals surface area contributed by atoms with Gasteiger partial charge in [0, 0.05) is 24.5 Å². The van der Waals surface area contributed by atoms with Gasteiger partial charge in [-0.25, -0.2) is 13.1 Å². The van der Waals surface area contributed by atoms with E-state index in [1.807, 2.05) is 31.2 Å². The molecule has 0 radical (unpaired) electrons. The lowest BCUT2D eigenvalue weighted by molar-refractivity contribution is 0.0754. The second-order valence-electron chi connectivity index (χ2n) is 7.19. The van der Waals surface area contributed by atoms with Crippen LogP contribution in [0, 0.1) is 13.8 Å². The second-order valence-corrected chi connectivity index (χ2v) is 10.2. The standard InChI is InChI=1S/C20H22N4O4S2/c1-13-7-3-4-8-15(13)12-21-30(26,27)17-11-16(29-14(17)2)18-22-23-19(28-18)20(25)24-9-5-6-10-24/h3-4,7-8,11,21H,5-6,9-10,12H2,1-2H3. The number of nitrogens with one attached hydrogen (secondary N) is 1. The van der Waals surface area contributed by atoms with Gasteiger partial charge in [0.1, 0.15) is 0 Å². The Labute approximate surface area is 179 Å². The van der Waals surface area contributed by atoms with Crippen LogP contribution in [0.2, 0.25) is 0 Å². The van der Waals surface area contributed by atoms with Crippen LogP contribution in [0.5, 0.6) is 0 Å². The van der Waals surface area contributed by atoms with Crippen molar-refractivity contribution >= 4 is 27.3 Å². The summed E-state index contributed by atoms with van der Waals surface area (Å²) >= 11 is 1.24. The van der Waals surface area contributed by atoms with Crippen molar-refractivity contribution in [2.24, 2.45) is 0 Å². The van der Waals surface area contributed by atoms with Crippen molar-refractivity contribution < 1.29 is 17.6 Å². The van der Waals surface area contributed by atoms with Crippen molar-refractivity contribution in [2.45, 2.75) is 38.1 Å². The van der Waals surface area contributed by atoms with Crippen LogP contribution in [0.4, 0.5) is 0 Å². The minimum Gasteiger partial charge on any atom is -0.411 e. The van der Waals surface area contributed by atoms with E-state index in [2.05, 4.69) is 14.9 Å². The molecule has 1 saturated heterocycles. The van der Waals surface area contributed by atoms with Gasteiger partial charge in [0.05, 0.1) is 9.77 Å². The lowest BCUT2D eigenvalue weighted by Crippen LogP contribution is -2.27. The van der Waals surface area contributed by atoms with Gasteiger partial charge >= 0.3 is 11.8 Å². The number of amides is 1. The third kappa shape index (κ3) is 4.16. The summed E-state index contributed by atoms with van der Waals surface area (Å²) in [5.74, 6) is -0.210. The predicted molar refractivity (Wildman–Crippen MR) is 113 cm³/mol. The number of aryl methyl sites for hydroxylation is 2. The molecule has 158 valence electrons. The van der Waals surface area contributed by atoms with E-state index in [9.17, 15) is 13.2 Å². The van der Waals surface area contributed by atoms with Crippen molar-refractivity contribution in [2.75, 3.05) is 13.1 Å². The molecule has 10 heteroatoms. The van der Waals surface area contributed by atoms with Crippen LogP contribution in [0.1, 0.15) is 39.5 Å². The maximum absolute atomic E-state index is 12.8. The average Bonchev–Trinajstić information content (AvgIpc) is 3.47. The van der Waals surface area contributed by atoms with Crippen LogP contribution in [-0.2, 0) is 16.6 Å². The number of hydrogen-bond acceptors (Lipinski definition) is 7. The van der Waals surface area contributed by atoms with Crippen LogP contribution in [-0.4, -0.2) is 42.5 Å². The first kappa shape index (κ1) is 20.7. The molecule has 1 amide bonds. The van der Waals surface area contributed by atoms with Crippen LogP contribution in [0.15, 0.2) is 39.6 Å². The molecule has 3 heterocycles. The Balaban J connectivity index is 1.53. The van der Waals surface area contributed by atoms with E-state index in [1.54, 1.807) is 11.8 Å². The second kappa shape index (κ2) is 8.29. The zero-order valence-electron chi connectivity index (χ0n) is 16.7. The zero-order chi connectivity index (χ0) is 21.3. The van der Waals surface area contributed by atoms with Crippen molar-refractivity contribution in [3.63, 3.8) is 0 Å². The van der Waals surface area contributed by atoms with Gasteiger partial charge in [0.25, 0.3) is 5.89 Å². The fourth-order valence-corrected chi connectivity index (χ4v) is 5.88. The van der Waals surface area contributed by atoms with Gasteiger partial charge in [-0.05, 0) is 43.9 Å². The molecule has 0 unspecified atom stereocenters. The smallest absolute Gasteiger partial charge is 0.311 e. The van der Waals surface area contributed by atoms with Gasteiger partial charge in [-0.2, -0.15) is 0 Å². The lowest BCUT2D eigenvalue weighted by Gasteiger charge is -2.11.